The molecular formula is C32H56O2Si. The normalized spacial score (nSPS) is 12.3. The van der Waals surface area contributed by atoms with E-state index in [0.29, 0.717) is 13.2 Å². The van der Waals surface area contributed by atoms with E-state index in [0.717, 1.165) is 12.8 Å². The van der Waals surface area contributed by atoms with E-state index in [2.05, 4.69) is 63.0 Å². The van der Waals surface area contributed by atoms with Gasteiger partial charge < -0.3 is 9.16 Å². The zero-order chi connectivity index (χ0) is 25.5. The third kappa shape index (κ3) is 19.7. The topological polar surface area (TPSA) is 18.5 Å². The van der Waals surface area contributed by atoms with Crippen molar-refractivity contribution in [2.45, 2.75) is 148 Å². The Hall–Kier alpha value is -1.08. The summed E-state index contributed by atoms with van der Waals surface area (Å²) < 4.78 is 12.6. The molecule has 0 saturated carbocycles. The lowest BCUT2D eigenvalue weighted by atomic mass is 10.0. The SMILES string of the molecule is CCCCCCCCCCCCCCC#CC[C@H](CO[Si](C)(C)CCCC)OCc1ccccc1. The highest BCUT2D eigenvalue weighted by Crippen LogP contribution is 2.17. The Balaban J connectivity index is 2.22. The number of ether oxygens (including phenoxy) is 1. The quantitative estimate of drug-likeness (QED) is 0.0895. The average Bonchev–Trinajstić information content (AvgIpc) is 2.87. The molecule has 1 aromatic carbocycles. The first-order valence-corrected chi connectivity index (χ1v) is 17.9. The first kappa shape index (κ1) is 31.9. The Bertz CT molecular complexity index is 647. The molecule has 0 radical (unpaired) electrons. The molecule has 35 heavy (non-hydrogen) atoms. The predicted molar refractivity (Wildman–Crippen MR) is 156 cm³/mol. The molecule has 0 aliphatic heterocycles. The van der Waals surface area contributed by atoms with Crippen molar-refractivity contribution in [2.24, 2.45) is 0 Å². The second-order valence-electron chi connectivity index (χ2n) is 10.8. The van der Waals surface area contributed by atoms with E-state index in [9.17, 15) is 0 Å². The van der Waals surface area contributed by atoms with E-state index < -0.39 is 8.32 Å². The molecule has 0 aliphatic rings. The van der Waals surface area contributed by atoms with Gasteiger partial charge >= 0.3 is 0 Å². The van der Waals surface area contributed by atoms with Gasteiger partial charge in [-0.15, -0.1) is 11.8 Å². The van der Waals surface area contributed by atoms with Gasteiger partial charge in [-0.05, 0) is 31.1 Å². The summed E-state index contributed by atoms with van der Waals surface area (Å²) in [5.74, 6) is 6.81. The number of hydrogen-bond acceptors (Lipinski definition) is 2. The average molecular weight is 501 g/mol. The summed E-state index contributed by atoms with van der Waals surface area (Å²) in [5, 5.41) is 0. The van der Waals surface area contributed by atoms with E-state index >= 15 is 0 Å². The van der Waals surface area contributed by atoms with Crippen molar-refractivity contribution in [3.8, 4) is 11.8 Å². The standard InChI is InChI=1S/C32H56O2Si/c1-5-7-9-10-11-12-13-14-15-16-17-18-19-20-24-27-32(30-34-35(3,4)28-8-6-2)33-29-31-25-22-21-23-26-31/h21-23,25-26,32H,5-19,27-30H2,1-4H3/t32-/m1/s1. The Kier molecular flexibility index (Phi) is 20.2. The summed E-state index contributed by atoms with van der Waals surface area (Å²) in [5.41, 5.74) is 1.21. The summed E-state index contributed by atoms with van der Waals surface area (Å²) >= 11 is 0. The molecule has 200 valence electrons. The summed E-state index contributed by atoms with van der Waals surface area (Å²) in [6.07, 6.45) is 21.0. The van der Waals surface area contributed by atoms with E-state index in [1.54, 1.807) is 0 Å². The van der Waals surface area contributed by atoms with Crippen molar-refractivity contribution in [2.75, 3.05) is 6.61 Å². The van der Waals surface area contributed by atoms with Crippen molar-refractivity contribution in [1.29, 1.82) is 0 Å². The lowest BCUT2D eigenvalue weighted by Gasteiger charge is -2.26. The van der Waals surface area contributed by atoms with E-state index in [4.69, 9.17) is 9.16 Å². The minimum atomic E-state index is -1.61. The van der Waals surface area contributed by atoms with Crippen LogP contribution in [0.2, 0.25) is 19.1 Å². The van der Waals surface area contributed by atoms with Gasteiger partial charge in [-0.3, -0.25) is 0 Å². The van der Waals surface area contributed by atoms with Crippen LogP contribution < -0.4 is 0 Å². The third-order valence-corrected chi connectivity index (χ3v) is 9.24. The highest BCUT2D eigenvalue weighted by atomic mass is 28.4. The molecule has 3 heteroatoms. The largest absolute Gasteiger partial charge is 0.415 e. The van der Waals surface area contributed by atoms with Gasteiger partial charge in [0.05, 0.1) is 19.3 Å². The lowest BCUT2D eigenvalue weighted by Crippen LogP contribution is -2.34. The zero-order valence-electron chi connectivity index (χ0n) is 23.7. The maximum absolute atomic E-state index is 6.40. The maximum Gasteiger partial charge on any atom is 0.186 e. The second-order valence-corrected chi connectivity index (χ2v) is 15.1. The van der Waals surface area contributed by atoms with Crippen LogP contribution in [-0.4, -0.2) is 21.0 Å². The molecule has 1 aromatic rings. The fourth-order valence-corrected chi connectivity index (χ4v) is 6.26. The number of hydrogen-bond donors (Lipinski definition) is 0. The van der Waals surface area contributed by atoms with Crippen LogP contribution in [0.5, 0.6) is 0 Å². The molecule has 2 nitrogen and oxygen atoms in total. The van der Waals surface area contributed by atoms with Gasteiger partial charge in [0.15, 0.2) is 8.32 Å². The molecule has 0 amide bonds. The number of unbranched alkanes of at least 4 members (excludes halogenated alkanes) is 13. The molecule has 0 unspecified atom stereocenters. The second kappa shape index (κ2) is 22.1. The summed E-state index contributed by atoms with van der Waals surface area (Å²) in [7, 11) is -1.61. The molecule has 0 saturated heterocycles. The van der Waals surface area contributed by atoms with Gasteiger partial charge in [-0.1, -0.05) is 128 Å². The molecule has 1 rings (SSSR count). The fraction of sp³-hybridized carbons (Fsp3) is 0.750. The zero-order valence-corrected chi connectivity index (χ0v) is 24.7. The summed E-state index contributed by atoms with van der Waals surface area (Å²) in [6, 6.07) is 11.7. The molecule has 0 heterocycles. The Morgan fingerprint density at radius 3 is 1.89 bits per heavy atom. The van der Waals surface area contributed by atoms with Crippen molar-refractivity contribution >= 4 is 8.32 Å². The molecule has 1 atom stereocenters. The Morgan fingerprint density at radius 2 is 1.29 bits per heavy atom. The first-order valence-electron chi connectivity index (χ1n) is 14.8. The van der Waals surface area contributed by atoms with Crippen LogP contribution in [0.4, 0.5) is 0 Å². The number of rotatable bonds is 22. The maximum atomic E-state index is 6.40. The van der Waals surface area contributed by atoms with Gasteiger partial charge in [0.1, 0.15) is 0 Å². The summed E-state index contributed by atoms with van der Waals surface area (Å²) in [6.45, 7) is 10.5. The van der Waals surface area contributed by atoms with Crippen LogP contribution >= 0.6 is 0 Å². The van der Waals surface area contributed by atoms with Gasteiger partial charge in [-0.25, -0.2) is 0 Å². The molecule has 0 aliphatic carbocycles. The number of benzene rings is 1. The van der Waals surface area contributed by atoms with E-state index in [1.165, 1.54) is 101 Å². The van der Waals surface area contributed by atoms with Crippen molar-refractivity contribution in [3.63, 3.8) is 0 Å². The first-order chi connectivity index (χ1) is 17.1. The monoisotopic (exact) mass is 500 g/mol. The third-order valence-electron chi connectivity index (χ3n) is 6.73. The molecular weight excluding hydrogens is 444 g/mol. The Morgan fingerprint density at radius 1 is 0.714 bits per heavy atom. The van der Waals surface area contributed by atoms with Crippen LogP contribution in [0, 0.1) is 11.8 Å². The Labute approximate surface area is 220 Å². The highest BCUT2D eigenvalue weighted by Gasteiger charge is 2.23. The van der Waals surface area contributed by atoms with E-state index in [-0.39, 0.29) is 6.10 Å². The lowest BCUT2D eigenvalue weighted by molar-refractivity contribution is 0.0105. The molecule has 0 spiro atoms. The van der Waals surface area contributed by atoms with Crippen molar-refractivity contribution in [3.05, 3.63) is 35.9 Å². The van der Waals surface area contributed by atoms with Crippen molar-refractivity contribution in [1.82, 2.24) is 0 Å². The van der Waals surface area contributed by atoms with Gasteiger partial charge in [-0.2, -0.15) is 0 Å². The fourth-order valence-electron chi connectivity index (χ4n) is 4.28. The highest BCUT2D eigenvalue weighted by molar-refractivity contribution is 6.71. The minimum absolute atomic E-state index is 0.0538. The van der Waals surface area contributed by atoms with Gasteiger partial charge in [0.2, 0.25) is 0 Å². The molecule has 0 fully saturated rings. The van der Waals surface area contributed by atoms with Gasteiger partial charge in [0, 0.05) is 12.8 Å². The van der Waals surface area contributed by atoms with Gasteiger partial charge in [0.25, 0.3) is 0 Å². The predicted octanol–water partition coefficient (Wildman–Crippen LogP) is 10.1. The molecule has 0 bridgehead atoms. The van der Waals surface area contributed by atoms with Crippen LogP contribution in [-0.2, 0) is 15.8 Å². The van der Waals surface area contributed by atoms with Crippen LogP contribution in [0.15, 0.2) is 30.3 Å². The smallest absolute Gasteiger partial charge is 0.186 e. The van der Waals surface area contributed by atoms with Crippen LogP contribution in [0.3, 0.4) is 0 Å². The molecule has 0 aromatic heterocycles. The molecule has 0 N–H and O–H groups in total. The van der Waals surface area contributed by atoms with Crippen LogP contribution in [0.1, 0.15) is 122 Å². The van der Waals surface area contributed by atoms with Crippen molar-refractivity contribution < 1.29 is 9.16 Å². The summed E-state index contributed by atoms with van der Waals surface area (Å²) in [4.78, 5) is 0. The van der Waals surface area contributed by atoms with Crippen LogP contribution in [0.25, 0.3) is 0 Å². The minimum Gasteiger partial charge on any atom is -0.415 e. The van der Waals surface area contributed by atoms with E-state index in [1.807, 2.05) is 6.07 Å².